The van der Waals surface area contributed by atoms with Gasteiger partial charge >= 0.3 is 5.97 Å². The summed E-state index contributed by atoms with van der Waals surface area (Å²) in [5.41, 5.74) is 12.4. The molecule has 140 valence electrons. The number of carbonyl (C=O) groups is 1. The number of hydrogen-bond donors (Lipinski definition) is 3. The van der Waals surface area contributed by atoms with Crippen LogP contribution in [0, 0.1) is 0 Å². The molecule has 3 rings (SSSR count). The molecule has 3 aromatic rings. The number of phenols is 1. The van der Waals surface area contributed by atoms with E-state index in [2.05, 4.69) is 19.9 Å². The van der Waals surface area contributed by atoms with Crippen LogP contribution in [-0.4, -0.2) is 33.4 Å². The first-order valence-corrected chi connectivity index (χ1v) is 8.16. The molecule has 0 saturated heterocycles. The van der Waals surface area contributed by atoms with Crippen LogP contribution in [0.15, 0.2) is 42.5 Å². The summed E-state index contributed by atoms with van der Waals surface area (Å²) in [5.74, 6) is -0.0845. The lowest BCUT2D eigenvalue weighted by molar-refractivity contribution is 0.0600. The fourth-order valence-electron chi connectivity index (χ4n) is 1.95. The van der Waals surface area contributed by atoms with Gasteiger partial charge in [-0.15, -0.1) is 10.2 Å². The van der Waals surface area contributed by atoms with E-state index in [0.717, 1.165) is 0 Å². The third-order valence-electron chi connectivity index (χ3n) is 3.23. The molecule has 0 radical (unpaired) electrons. The lowest BCUT2D eigenvalue weighted by Crippen LogP contribution is -2.04. The van der Waals surface area contributed by atoms with Crippen LogP contribution < -0.4 is 11.5 Å². The third kappa shape index (κ3) is 5.19. The van der Waals surface area contributed by atoms with Crippen LogP contribution in [0.3, 0.4) is 0 Å². The second-order valence-electron chi connectivity index (χ2n) is 5.04. The number of aromatic hydroxyl groups is 1. The van der Waals surface area contributed by atoms with Crippen molar-refractivity contribution in [3.05, 3.63) is 58.1 Å². The molecule has 8 nitrogen and oxygen atoms in total. The number of esters is 1. The summed E-state index contributed by atoms with van der Waals surface area (Å²) in [6.45, 7) is 0. The van der Waals surface area contributed by atoms with Gasteiger partial charge in [0.1, 0.15) is 11.4 Å². The number of carbonyl (C=O) groups excluding carboxylic acids is 1. The zero-order chi connectivity index (χ0) is 20.0. The lowest BCUT2D eigenvalue weighted by Gasteiger charge is -2.06. The Hall–Kier alpha value is -3.10. The van der Waals surface area contributed by atoms with E-state index in [0.29, 0.717) is 26.9 Å². The number of halogens is 2. The van der Waals surface area contributed by atoms with E-state index in [1.807, 2.05) is 0 Å². The number of methoxy groups -OCH3 is 1. The summed E-state index contributed by atoms with van der Waals surface area (Å²) in [6, 6.07) is 11.0. The number of phenolic OH excluding ortho intramolecular Hbond substituents is 1. The Morgan fingerprint density at radius 1 is 1.07 bits per heavy atom. The number of anilines is 2. The van der Waals surface area contributed by atoms with E-state index in [1.165, 1.54) is 31.4 Å². The fraction of sp³-hybridized carbons (Fsp3) is 0.0588. The molecule has 1 heterocycles. The van der Waals surface area contributed by atoms with Gasteiger partial charge in [-0.05, 0) is 30.3 Å². The lowest BCUT2D eigenvalue weighted by atomic mass is 10.1. The van der Waals surface area contributed by atoms with Crippen LogP contribution in [0.1, 0.15) is 10.4 Å². The molecule has 10 heteroatoms. The monoisotopic (exact) mass is 407 g/mol. The van der Waals surface area contributed by atoms with Crippen LogP contribution in [0.25, 0.3) is 11.3 Å². The van der Waals surface area contributed by atoms with E-state index in [4.69, 9.17) is 39.8 Å². The van der Waals surface area contributed by atoms with Gasteiger partial charge in [0.2, 0.25) is 5.95 Å². The van der Waals surface area contributed by atoms with E-state index >= 15 is 0 Å². The number of hydrogen-bond acceptors (Lipinski definition) is 8. The Morgan fingerprint density at radius 3 is 2.33 bits per heavy atom. The second kappa shape index (κ2) is 9.02. The van der Waals surface area contributed by atoms with Crippen molar-refractivity contribution in [2.75, 3.05) is 18.6 Å². The quantitative estimate of drug-likeness (QED) is 0.550. The topological polar surface area (TPSA) is 137 Å². The highest BCUT2D eigenvalue weighted by Gasteiger charge is 2.12. The van der Waals surface area contributed by atoms with Crippen molar-refractivity contribution < 1.29 is 14.6 Å². The van der Waals surface area contributed by atoms with E-state index in [9.17, 15) is 4.79 Å². The van der Waals surface area contributed by atoms with Crippen molar-refractivity contribution >= 4 is 40.9 Å². The summed E-state index contributed by atoms with van der Waals surface area (Å²) >= 11 is 11.9. The highest BCUT2D eigenvalue weighted by Crippen LogP contribution is 2.34. The van der Waals surface area contributed by atoms with Gasteiger partial charge in [-0.1, -0.05) is 35.3 Å². The number of nitrogens with zero attached hydrogens (tertiary/aromatic N) is 3. The highest BCUT2D eigenvalue weighted by molar-refractivity contribution is 6.43. The molecule has 0 bridgehead atoms. The predicted molar refractivity (Wildman–Crippen MR) is 104 cm³/mol. The standard InChI is InChI=1S/C9H7Cl2N5.C8H8O3/c10-5-3-1-2-4(6(5)11)7-8(12)14-9(13)16-15-7;1-11-8(10)6-2-4-7(9)5-3-6/h1-3H,(H4,12,13,14,16);2-5,9H,1H3. The minimum atomic E-state index is -0.398. The van der Waals surface area contributed by atoms with E-state index < -0.39 is 5.97 Å². The third-order valence-corrected chi connectivity index (χ3v) is 4.04. The van der Waals surface area contributed by atoms with Crippen molar-refractivity contribution in [2.45, 2.75) is 0 Å². The summed E-state index contributed by atoms with van der Waals surface area (Å²) < 4.78 is 4.46. The van der Waals surface area contributed by atoms with E-state index in [-0.39, 0.29) is 17.5 Å². The van der Waals surface area contributed by atoms with E-state index in [1.54, 1.807) is 18.2 Å². The Balaban J connectivity index is 0.000000208. The molecule has 0 unspecified atom stereocenters. The molecule has 0 amide bonds. The number of aromatic nitrogens is 3. The Kier molecular flexibility index (Phi) is 6.75. The fourth-order valence-corrected chi connectivity index (χ4v) is 2.34. The molecule has 0 atom stereocenters. The predicted octanol–water partition coefficient (Wildman–Crippen LogP) is 3.19. The first-order valence-electron chi connectivity index (χ1n) is 7.41. The molecule has 1 aromatic heterocycles. The van der Waals surface area contributed by atoms with Gasteiger partial charge < -0.3 is 21.3 Å². The number of benzene rings is 2. The second-order valence-corrected chi connectivity index (χ2v) is 5.83. The minimum Gasteiger partial charge on any atom is -0.508 e. The molecule has 0 fully saturated rings. The maximum Gasteiger partial charge on any atom is 0.337 e. The molecule has 0 aliphatic rings. The number of nitrogen functional groups attached to an aromatic ring is 2. The average Bonchev–Trinajstić information content (AvgIpc) is 2.65. The van der Waals surface area contributed by atoms with Crippen molar-refractivity contribution in [2.24, 2.45) is 0 Å². The van der Waals surface area contributed by atoms with Crippen molar-refractivity contribution in [1.82, 2.24) is 15.2 Å². The number of rotatable bonds is 2. The summed E-state index contributed by atoms with van der Waals surface area (Å²) in [7, 11) is 1.31. The minimum absolute atomic E-state index is 0.0133. The SMILES string of the molecule is COC(=O)c1ccc(O)cc1.Nc1nnc(-c2cccc(Cl)c2Cl)c(N)n1. The normalized spacial score (nSPS) is 9.89. The largest absolute Gasteiger partial charge is 0.508 e. The van der Waals surface area contributed by atoms with Crippen LogP contribution in [-0.2, 0) is 4.74 Å². The molecule has 0 aliphatic heterocycles. The average molecular weight is 408 g/mol. The van der Waals surface area contributed by atoms with Crippen LogP contribution >= 0.6 is 23.2 Å². The van der Waals surface area contributed by atoms with Crippen LogP contribution in [0.5, 0.6) is 5.75 Å². The maximum absolute atomic E-state index is 10.8. The van der Waals surface area contributed by atoms with Crippen molar-refractivity contribution in [3.8, 4) is 17.0 Å². The summed E-state index contributed by atoms with van der Waals surface area (Å²) in [5, 5.41) is 17.1. The van der Waals surface area contributed by atoms with Crippen LogP contribution in [0.2, 0.25) is 10.0 Å². The van der Waals surface area contributed by atoms with Gasteiger partial charge in [0.25, 0.3) is 0 Å². The van der Waals surface area contributed by atoms with Gasteiger partial charge in [-0.2, -0.15) is 4.98 Å². The molecule has 0 aliphatic carbocycles. The first kappa shape index (κ1) is 20.2. The Morgan fingerprint density at radius 2 is 1.74 bits per heavy atom. The number of ether oxygens (including phenoxy) is 1. The number of nitrogens with two attached hydrogens (primary N) is 2. The van der Waals surface area contributed by atoms with Gasteiger partial charge in [0.15, 0.2) is 5.82 Å². The highest BCUT2D eigenvalue weighted by atomic mass is 35.5. The zero-order valence-electron chi connectivity index (χ0n) is 14.1. The molecule has 27 heavy (non-hydrogen) atoms. The van der Waals surface area contributed by atoms with Crippen molar-refractivity contribution in [3.63, 3.8) is 0 Å². The molecule has 5 N–H and O–H groups in total. The van der Waals surface area contributed by atoms with Gasteiger partial charge in [-0.25, -0.2) is 4.79 Å². The molecule has 0 saturated carbocycles. The van der Waals surface area contributed by atoms with Gasteiger partial charge in [0, 0.05) is 5.56 Å². The zero-order valence-corrected chi connectivity index (χ0v) is 15.6. The molecule has 0 spiro atoms. The van der Waals surface area contributed by atoms with Crippen molar-refractivity contribution in [1.29, 1.82) is 0 Å². The molecule has 2 aromatic carbocycles. The summed E-state index contributed by atoms with van der Waals surface area (Å²) in [4.78, 5) is 14.6. The smallest absolute Gasteiger partial charge is 0.337 e. The van der Waals surface area contributed by atoms with Crippen LogP contribution in [0.4, 0.5) is 11.8 Å². The Labute approximate surface area is 164 Å². The molecular weight excluding hydrogens is 393 g/mol. The maximum atomic E-state index is 10.8. The summed E-state index contributed by atoms with van der Waals surface area (Å²) in [6.07, 6.45) is 0. The molecular formula is C17H15Cl2N5O3. The van der Waals surface area contributed by atoms with Gasteiger partial charge in [-0.3, -0.25) is 0 Å². The Bertz CT molecular complexity index is 952. The van der Waals surface area contributed by atoms with Gasteiger partial charge in [0.05, 0.1) is 22.7 Å². The first-order chi connectivity index (χ1) is 12.8.